The van der Waals surface area contributed by atoms with Crippen molar-refractivity contribution in [2.75, 3.05) is 7.05 Å². The molecule has 1 fully saturated rings. The first-order valence-corrected chi connectivity index (χ1v) is 8.49. The Hall–Kier alpha value is -0.340. The Bertz CT molecular complexity index is 352. The summed E-state index contributed by atoms with van der Waals surface area (Å²) < 4.78 is 1.17. The van der Waals surface area contributed by atoms with E-state index in [1.54, 1.807) is 0 Å². The summed E-state index contributed by atoms with van der Waals surface area (Å²) in [7, 11) is 2.11. The predicted molar refractivity (Wildman–Crippen MR) is 86.5 cm³/mol. The zero-order valence-electron chi connectivity index (χ0n) is 12.0. The molecule has 19 heavy (non-hydrogen) atoms. The molecule has 0 heterocycles. The maximum atomic E-state index is 3.52. The average Bonchev–Trinajstić information content (AvgIpc) is 2.69. The van der Waals surface area contributed by atoms with Crippen LogP contribution in [0, 0.1) is 5.92 Å². The average molecular weight is 324 g/mol. The minimum absolute atomic E-state index is 0.629. The third-order valence-electron chi connectivity index (χ3n) is 4.40. The van der Waals surface area contributed by atoms with Crippen LogP contribution < -0.4 is 5.32 Å². The van der Waals surface area contributed by atoms with E-state index in [4.69, 9.17) is 0 Å². The molecule has 2 rings (SSSR count). The van der Waals surface area contributed by atoms with Gasteiger partial charge in [0.2, 0.25) is 0 Å². The monoisotopic (exact) mass is 323 g/mol. The zero-order chi connectivity index (χ0) is 13.5. The van der Waals surface area contributed by atoms with Gasteiger partial charge in [-0.1, -0.05) is 66.6 Å². The zero-order valence-corrected chi connectivity index (χ0v) is 13.6. The molecule has 1 saturated carbocycles. The van der Waals surface area contributed by atoms with Crippen molar-refractivity contribution >= 4 is 15.9 Å². The molecule has 1 aromatic rings. The van der Waals surface area contributed by atoms with Crippen LogP contribution in [0.5, 0.6) is 0 Å². The van der Waals surface area contributed by atoms with Gasteiger partial charge in [-0.3, -0.25) is 0 Å². The van der Waals surface area contributed by atoms with E-state index in [9.17, 15) is 0 Å². The molecule has 1 aliphatic rings. The highest BCUT2D eigenvalue weighted by atomic mass is 79.9. The topological polar surface area (TPSA) is 12.0 Å². The molecule has 0 radical (unpaired) electrons. The highest BCUT2D eigenvalue weighted by Crippen LogP contribution is 2.27. The number of rotatable bonds is 5. The van der Waals surface area contributed by atoms with Crippen LogP contribution in [0.25, 0.3) is 0 Å². The predicted octanol–water partition coefficient (Wildman–Crippen LogP) is 4.94. The lowest BCUT2D eigenvalue weighted by Gasteiger charge is -2.22. The van der Waals surface area contributed by atoms with Crippen molar-refractivity contribution in [2.24, 2.45) is 5.92 Å². The van der Waals surface area contributed by atoms with E-state index >= 15 is 0 Å². The number of likely N-dealkylation sites (N-methyl/N-ethyl adjacent to an activating group) is 1. The van der Waals surface area contributed by atoms with Crippen LogP contribution in [-0.4, -0.2) is 13.1 Å². The van der Waals surface area contributed by atoms with E-state index in [2.05, 4.69) is 52.6 Å². The molecule has 1 aliphatic carbocycles. The smallest absolute Gasteiger partial charge is 0.0175 e. The number of hydrogen-bond donors (Lipinski definition) is 1. The third-order valence-corrected chi connectivity index (χ3v) is 4.92. The second-order valence-corrected chi connectivity index (χ2v) is 6.83. The first-order valence-electron chi connectivity index (χ1n) is 7.69. The lowest BCUT2D eigenvalue weighted by atomic mass is 9.90. The molecule has 0 spiro atoms. The fourth-order valence-electron chi connectivity index (χ4n) is 3.21. The molecule has 1 atom stereocenters. The first-order chi connectivity index (χ1) is 9.28. The minimum atomic E-state index is 0.629. The summed E-state index contributed by atoms with van der Waals surface area (Å²) in [5, 5.41) is 3.52. The largest absolute Gasteiger partial charge is 0.317 e. The van der Waals surface area contributed by atoms with E-state index in [-0.39, 0.29) is 0 Å². The van der Waals surface area contributed by atoms with Gasteiger partial charge >= 0.3 is 0 Å². The van der Waals surface area contributed by atoms with Crippen molar-refractivity contribution in [2.45, 2.75) is 57.4 Å². The number of benzene rings is 1. The summed E-state index contributed by atoms with van der Waals surface area (Å²) in [5.41, 5.74) is 1.44. The van der Waals surface area contributed by atoms with Crippen LogP contribution in [-0.2, 0) is 6.42 Å². The van der Waals surface area contributed by atoms with Gasteiger partial charge in [-0.2, -0.15) is 0 Å². The van der Waals surface area contributed by atoms with Crippen molar-refractivity contribution in [1.82, 2.24) is 5.32 Å². The van der Waals surface area contributed by atoms with Gasteiger partial charge in [0.15, 0.2) is 0 Å². The fraction of sp³-hybridized carbons (Fsp3) is 0.647. The van der Waals surface area contributed by atoms with Gasteiger partial charge in [0.1, 0.15) is 0 Å². The molecule has 2 heteroatoms. The maximum Gasteiger partial charge on any atom is 0.0175 e. The van der Waals surface area contributed by atoms with Crippen LogP contribution in [0.3, 0.4) is 0 Å². The van der Waals surface area contributed by atoms with Gasteiger partial charge in [-0.25, -0.2) is 0 Å². The summed E-state index contributed by atoms with van der Waals surface area (Å²) >= 11 is 3.50. The molecule has 0 bridgehead atoms. The van der Waals surface area contributed by atoms with Crippen molar-refractivity contribution in [3.8, 4) is 0 Å². The molecule has 0 aromatic heterocycles. The molecule has 0 amide bonds. The molecule has 0 aliphatic heterocycles. The Morgan fingerprint density at radius 2 is 1.74 bits per heavy atom. The Labute approximate surface area is 126 Å². The lowest BCUT2D eigenvalue weighted by molar-refractivity contribution is 0.361. The standard InChI is InChI=1S/C17H26BrN/c1-19-17(12-14-6-4-2-3-5-7-14)13-15-8-10-16(18)11-9-15/h8-11,14,17,19H,2-7,12-13H2,1H3. The molecule has 0 saturated heterocycles. The van der Waals surface area contributed by atoms with Crippen molar-refractivity contribution in [3.63, 3.8) is 0 Å². The summed E-state index contributed by atoms with van der Waals surface area (Å²) in [4.78, 5) is 0. The maximum absolute atomic E-state index is 3.52. The van der Waals surface area contributed by atoms with Crippen LogP contribution >= 0.6 is 15.9 Å². The highest BCUT2D eigenvalue weighted by Gasteiger charge is 2.17. The summed E-state index contributed by atoms with van der Waals surface area (Å²) in [6, 6.07) is 9.40. The van der Waals surface area contributed by atoms with Crippen LogP contribution in [0.4, 0.5) is 0 Å². The number of nitrogens with one attached hydrogen (secondary N) is 1. The van der Waals surface area contributed by atoms with Gasteiger partial charge < -0.3 is 5.32 Å². The van der Waals surface area contributed by atoms with Crippen LogP contribution in [0.1, 0.15) is 50.5 Å². The molecular weight excluding hydrogens is 298 g/mol. The summed E-state index contributed by atoms with van der Waals surface area (Å²) in [6.07, 6.45) is 11.2. The normalized spacial score (nSPS) is 19.1. The first kappa shape index (κ1) is 15.1. The van der Waals surface area contributed by atoms with E-state index in [0.717, 1.165) is 12.3 Å². The minimum Gasteiger partial charge on any atom is -0.317 e. The number of hydrogen-bond acceptors (Lipinski definition) is 1. The van der Waals surface area contributed by atoms with Gasteiger partial charge in [0.25, 0.3) is 0 Å². The van der Waals surface area contributed by atoms with Crippen molar-refractivity contribution in [1.29, 1.82) is 0 Å². The Kier molecular flexibility index (Phi) is 6.39. The van der Waals surface area contributed by atoms with Crippen molar-refractivity contribution < 1.29 is 0 Å². The Morgan fingerprint density at radius 1 is 1.11 bits per heavy atom. The Balaban J connectivity index is 1.86. The quantitative estimate of drug-likeness (QED) is 0.757. The second kappa shape index (κ2) is 8.06. The fourth-order valence-corrected chi connectivity index (χ4v) is 3.47. The molecule has 1 nitrogen and oxygen atoms in total. The highest BCUT2D eigenvalue weighted by molar-refractivity contribution is 9.10. The van der Waals surface area contributed by atoms with Gasteiger partial charge in [0.05, 0.1) is 0 Å². The van der Waals surface area contributed by atoms with Gasteiger partial charge in [-0.15, -0.1) is 0 Å². The van der Waals surface area contributed by atoms with E-state index in [0.29, 0.717) is 6.04 Å². The molecule has 1 aromatic carbocycles. The second-order valence-electron chi connectivity index (χ2n) is 5.91. The van der Waals surface area contributed by atoms with Crippen LogP contribution in [0.2, 0.25) is 0 Å². The molecule has 1 N–H and O–H groups in total. The van der Waals surface area contributed by atoms with Gasteiger partial charge in [0, 0.05) is 10.5 Å². The summed E-state index contributed by atoms with van der Waals surface area (Å²) in [5.74, 6) is 0.940. The van der Waals surface area contributed by atoms with Crippen LogP contribution in [0.15, 0.2) is 28.7 Å². The SMILES string of the molecule is CNC(Cc1ccc(Br)cc1)CC1CCCCCC1. The molecule has 1 unspecified atom stereocenters. The molecular formula is C17H26BrN. The molecule has 106 valence electrons. The lowest BCUT2D eigenvalue weighted by Crippen LogP contribution is -2.30. The van der Waals surface area contributed by atoms with E-state index in [1.165, 1.54) is 55.0 Å². The van der Waals surface area contributed by atoms with E-state index < -0.39 is 0 Å². The third kappa shape index (κ3) is 5.27. The van der Waals surface area contributed by atoms with E-state index in [1.807, 2.05) is 0 Å². The van der Waals surface area contributed by atoms with Gasteiger partial charge in [-0.05, 0) is 43.5 Å². The Morgan fingerprint density at radius 3 is 2.32 bits per heavy atom. The number of halogens is 1. The summed E-state index contributed by atoms with van der Waals surface area (Å²) in [6.45, 7) is 0. The van der Waals surface area contributed by atoms with Crippen molar-refractivity contribution in [3.05, 3.63) is 34.3 Å².